The predicted octanol–water partition coefficient (Wildman–Crippen LogP) is -0.0226. The second-order valence-electron chi connectivity index (χ2n) is 2.08. The SMILES string of the molecule is COC(=O)c1nc(OC)ncc1O. The van der Waals surface area contributed by atoms with E-state index in [1.54, 1.807) is 0 Å². The van der Waals surface area contributed by atoms with E-state index in [0.29, 0.717) is 0 Å². The summed E-state index contributed by atoms with van der Waals surface area (Å²) in [6, 6.07) is -0.00167. The number of carbonyl (C=O) groups excluding carboxylic acids is 1. The van der Waals surface area contributed by atoms with Crippen LogP contribution >= 0.6 is 0 Å². The molecule has 6 heteroatoms. The van der Waals surface area contributed by atoms with E-state index >= 15 is 0 Å². The summed E-state index contributed by atoms with van der Waals surface area (Å²) in [7, 11) is 2.55. The molecule has 0 saturated heterocycles. The highest BCUT2D eigenvalue weighted by Crippen LogP contribution is 2.15. The molecule has 13 heavy (non-hydrogen) atoms. The average molecular weight is 184 g/mol. The molecule has 70 valence electrons. The standard InChI is InChI=1S/C7H8N2O4/c1-12-6(11)5-4(10)3-8-7(9-5)13-2/h3,10H,1-2H3. The Morgan fingerprint density at radius 1 is 1.54 bits per heavy atom. The van der Waals surface area contributed by atoms with E-state index < -0.39 is 5.97 Å². The van der Waals surface area contributed by atoms with Crippen molar-refractivity contribution in [3.63, 3.8) is 0 Å². The minimum Gasteiger partial charge on any atom is -0.504 e. The third-order valence-corrected chi connectivity index (χ3v) is 1.31. The van der Waals surface area contributed by atoms with Gasteiger partial charge in [-0.25, -0.2) is 4.79 Å². The number of carbonyl (C=O) groups is 1. The van der Waals surface area contributed by atoms with Gasteiger partial charge >= 0.3 is 12.0 Å². The summed E-state index contributed by atoms with van der Waals surface area (Å²) in [5.41, 5.74) is -0.214. The molecule has 0 aliphatic heterocycles. The molecule has 0 unspecified atom stereocenters. The van der Waals surface area contributed by atoms with Gasteiger partial charge in [0, 0.05) is 0 Å². The molecular weight excluding hydrogens is 176 g/mol. The van der Waals surface area contributed by atoms with Gasteiger partial charge in [-0.3, -0.25) is 0 Å². The monoisotopic (exact) mass is 184 g/mol. The van der Waals surface area contributed by atoms with Crippen molar-refractivity contribution < 1.29 is 19.4 Å². The number of rotatable bonds is 2. The van der Waals surface area contributed by atoms with E-state index in [1.165, 1.54) is 14.2 Å². The van der Waals surface area contributed by atoms with E-state index in [9.17, 15) is 4.79 Å². The van der Waals surface area contributed by atoms with Crippen LogP contribution in [0.1, 0.15) is 10.5 Å². The lowest BCUT2D eigenvalue weighted by molar-refractivity contribution is 0.0588. The Labute approximate surface area is 74.1 Å². The number of hydrogen-bond donors (Lipinski definition) is 1. The quantitative estimate of drug-likeness (QED) is 0.650. The molecule has 0 aliphatic rings. The maximum Gasteiger partial charge on any atom is 0.360 e. The van der Waals surface area contributed by atoms with Crippen molar-refractivity contribution in [3.05, 3.63) is 11.9 Å². The van der Waals surface area contributed by atoms with Crippen molar-refractivity contribution in [1.82, 2.24) is 9.97 Å². The Balaban J connectivity index is 3.11. The Morgan fingerprint density at radius 2 is 2.23 bits per heavy atom. The first-order chi connectivity index (χ1) is 6.19. The number of methoxy groups -OCH3 is 2. The second-order valence-corrected chi connectivity index (χ2v) is 2.08. The lowest BCUT2D eigenvalue weighted by Crippen LogP contribution is -2.06. The van der Waals surface area contributed by atoms with Crippen molar-refractivity contribution in [2.24, 2.45) is 0 Å². The molecule has 0 fully saturated rings. The largest absolute Gasteiger partial charge is 0.504 e. The van der Waals surface area contributed by atoms with Crippen molar-refractivity contribution in [2.45, 2.75) is 0 Å². The Hall–Kier alpha value is -1.85. The van der Waals surface area contributed by atoms with Crippen LogP contribution in [0.5, 0.6) is 11.8 Å². The molecule has 1 N–H and O–H groups in total. The third kappa shape index (κ3) is 1.84. The molecule has 0 atom stereocenters. The van der Waals surface area contributed by atoms with Crippen LogP contribution in [-0.2, 0) is 4.74 Å². The summed E-state index contributed by atoms with van der Waals surface area (Å²) in [4.78, 5) is 18.2. The molecule has 1 aromatic rings. The smallest absolute Gasteiger partial charge is 0.360 e. The molecule has 1 rings (SSSR count). The second kappa shape index (κ2) is 3.70. The van der Waals surface area contributed by atoms with E-state index in [0.717, 1.165) is 6.20 Å². The first-order valence-corrected chi connectivity index (χ1v) is 3.37. The highest BCUT2D eigenvalue weighted by molar-refractivity contribution is 5.89. The average Bonchev–Trinajstić information content (AvgIpc) is 2.17. The van der Waals surface area contributed by atoms with Crippen LogP contribution in [0, 0.1) is 0 Å². The zero-order chi connectivity index (χ0) is 9.84. The van der Waals surface area contributed by atoms with Crippen LogP contribution < -0.4 is 4.74 Å². The summed E-state index contributed by atoms with van der Waals surface area (Å²) in [5.74, 6) is -1.08. The van der Waals surface area contributed by atoms with Gasteiger partial charge in [0.15, 0.2) is 11.4 Å². The van der Waals surface area contributed by atoms with E-state index in [4.69, 9.17) is 5.11 Å². The fraction of sp³-hybridized carbons (Fsp3) is 0.286. The van der Waals surface area contributed by atoms with Crippen LogP contribution in [0.15, 0.2) is 6.20 Å². The van der Waals surface area contributed by atoms with E-state index in [-0.39, 0.29) is 17.5 Å². The van der Waals surface area contributed by atoms with Crippen molar-refractivity contribution in [1.29, 1.82) is 0 Å². The van der Waals surface area contributed by atoms with Gasteiger partial charge in [0.2, 0.25) is 0 Å². The van der Waals surface area contributed by atoms with Gasteiger partial charge in [0.25, 0.3) is 0 Å². The number of esters is 1. The van der Waals surface area contributed by atoms with Gasteiger partial charge in [-0.2, -0.15) is 9.97 Å². The Morgan fingerprint density at radius 3 is 2.77 bits per heavy atom. The van der Waals surface area contributed by atoms with Crippen LogP contribution in [0.4, 0.5) is 0 Å². The van der Waals surface area contributed by atoms with Gasteiger partial charge in [-0.1, -0.05) is 0 Å². The fourth-order valence-electron chi connectivity index (χ4n) is 0.705. The summed E-state index contributed by atoms with van der Waals surface area (Å²) in [6.45, 7) is 0. The van der Waals surface area contributed by atoms with E-state index in [2.05, 4.69) is 19.4 Å². The minimum absolute atomic E-state index is 0.00167. The van der Waals surface area contributed by atoms with E-state index in [1.807, 2.05) is 0 Å². The van der Waals surface area contributed by atoms with Crippen LogP contribution in [-0.4, -0.2) is 35.3 Å². The first kappa shape index (κ1) is 9.24. The van der Waals surface area contributed by atoms with Gasteiger partial charge in [0.05, 0.1) is 20.4 Å². The van der Waals surface area contributed by atoms with Gasteiger partial charge < -0.3 is 14.6 Å². The maximum absolute atomic E-state index is 11.0. The van der Waals surface area contributed by atoms with Crippen LogP contribution in [0.2, 0.25) is 0 Å². The van der Waals surface area contributed by atoms with Crippen molar-refractivity contribution in [2.75, 3.05) is 14.2 Å². The zero-order valence-electron chi connectivity index (χ0n) is 7.14. The van der Waals surface area contributed by atoms with Gasteiger partial charge in [-0.15, -0.1) is 0 Å². The number of hydrogen-bond acceptors (Lipinski definition) is 6. The fourth-order valence-corrected chi connectivity index (χ4v) is 0.705. The topological polar surface area (TPSA) is 81.5 Å². The Bertz CT molecular complexity index is 326. The highest BCUT2D eigenvalue weighted by Gasteiger charge is 2.15. The Kier molecular flexibility index (Phi) is 2.63. The van der Waals surface area contributed by atoms with Crippen LogP contribution in [0.25, 0.3) is 0 Å². The maximum atomic E-state index is 11.0. The summed E-state index contributed by atoms with van der Waals surface area (Å²) in [5, 5.41) is 9.15. The number of aromatic hydroxyl groups is 1. The molecule has 0 aliphatic carbocycles. The summed E-state index contributed by atoms with van der Waals surface area (Å²) >= 11 is 0. The van der Waals surface area contributed by atoms with Crippen LogP contribution in [0.3, 0.4) is 0 Å². The number of ether oxygens (including phenoxy) is 2. The normalized spacial score (nSPS) is 9.38. The first-order valence-electron chi connectivity index (χ1n) is 3.37. The molecule has 1 aromatic heterocycles. The molecule has 0 bridgehead atoms. The summed E-state index contributed by atoms with van der Waals surface area (Å²) < 4.78 is 9.04. The van der Waals surface area contributed by atoms with Gasteiger partial charge in [0.1, 0.15) is 0 Å². The highest BCUT2D eigenvalue weighted by atomic mass is 16.5. The molecule has 0 saturated carbocycles. The molecular formula is C7H8N2O4. The summed E-state index contributed by atoms with van der Waals surface area (Å²) in [6.07, 6.45) is 1.07. The lowest BCUT2D eigenvalue weighted by atomic mass is 10.4. The molecule has 0 radical (unpaired) electrons. The number of aromatic nitrogens is 2. The molecule has 0 amide bonds. The number of nitrogens with zero attached hydrogens (tertiary/aromatic N) is 2. The predicted molar refractivity (Wildman–Crippen MR) is 41.6 cm³/mol. The zero-order valence-corrected chi connectivity index (χ0v) is 7.14. The minimum atomic E-state index is -0.738. The third-order valence-electron chi connectivity index (χ3n) is 1.31. The molecule has 6 nitrogen and oxygen atoms in total. The molecule has 1 heterocycles. The van der Waals surface area contributed by atoms with Crippen molar-refractivity contribution in [3.8, 4) is 11.8 Å². The lowest BCUT2D eigenvalue weighted by Gasteiger charge is -2.02. The van der Waals surface area contributed by atoms with Crippen molar-refractivity contribution >= 4 is 5.97 Å². The molecule has 0 spiro atoms. The van der Waals surface area contributed by atoms with Gasteiger partial charge in [-0.05, 0) is 0 Å². The molecule has 0 aromatic carbocycles.